The lowest BCUT2D eigenvalue weighted by atomic mass is 10.0. The molecule has 1 atom stereocenters. The molecule has 1 unspecified atom stereocenters. The van der Waals surface area contributed by atoms with Crippen molar-refractivity contribution >= 4 is 10.0 Å². The maximum absolute atomic E-state index is 11.5. The van der Waals surface area contributed by atoms with Crippen molar-refractivity contribution in [1.82, 2.24) is 9.62 Å². The second-order valence-electron chi connectivity index (χ2n) is 5.14. The number of hydrogen-bond acceptors (Lipinski definition) is 3. The molecule has 5 heteroatoms. The number of hydrogen-bond donors (Lipinski definition) is 1. The van der Waals surface area contributed by atoms with Crippen LogP contribution in [0.5, 0.6) is 0 Å². The lowest BCUT2D eigenvalue weighted by Gasteiger charge is -2.20. The van der Waals surface area contributed by atoms with Crippen LogP contribution >= 0.6 is 0 Å². The fourth-order valence-electron chi connectivity index (χ4n) is 2.32. The van der Waals surface area contributed by atoms with Crippen LogP contribution in [-0.2, 0) is 10.0 Å². The van der Waals surface area contributed by atoms with Crippen molar-refractivity contribution in [1.29, 1.82) is 0 Å². The van der Waals surface area contributed by atoms with Gasteiger partial charge in [0.05, 0.1) is 6.26 Å². The van der Waals surface area contributed by atoms with Gasteiger partial charge in [0.1, 0.15) is 0 Å². The summed E-state index contributed by atoms with van der Waals surface area (Å²) in [7, 11) is -3.07. The monoisotopic (exact) mass is 298 g/mol. The summed E-state index contributed by atoms with van der Waals surface area (Å²) >= 11 is 0. The van der Waals surface area contributed by atoms with Crippen molar-refractivity contribution in [3.63, 3.8) is 0 Å². The van der Waals surface area contributed by atoms with E-state index < -0.39 is 10.0 Å². The van der Waals surface area contributed by atoms with Crippen LogP contribution in [0, 0.1) is 6.92 Å². The van der Waals surface area contributed by atoms with Crippen LogP contribution in [0.3, 0.4) is 0 Å². The van der Waals surface area contributed by atoms with E-state index in [2.05, 4.69) is 31.3 Å². The highest BCUT2D eigenvalue weighted by atomic mass is 32.2. The van der Waals surface area contributed by atoms with Crippen molar-refractivity contribution in [2.75, 3.05) is 25.9 Å². The minimum Gasteiger partial charge on any atom is -0.310 e. The van der Waals surface area contributed by atoms with E-state index in [-0.39, 0.29) is 6.04 Å². The molecule has 0 aromatic heterocycles. The van der Waals surface area contributed by atoms with Gasteiger partial charge >= 0.3 is 0 Å². The smallest absolute Gasteiger partial charge is 0.211 e. The number of nitrogens with zero attached hydrogens (tertiary/aromatic N) is 1. The lowest BCUT2D eigenvalue weighted by molar-refractivity contribution is 0.413. The predicted molar refractivity (Wildman–Crippen MR) is 84.3 cm³/mol. The molecule has 1 rings (SSSR count). The van der Waals surface area contributed by atoms with E-state index in [1.165, 1.54) is 21.7 Å². The standard InChI is InChI=1S/C15H26N2O2S/c1-5-17(20(4,18)19)12-8-11-16-14(3)15-10-7-6-9-13(15)2/h6-7,9-10,14,16H,5,8,11-12H2,1-4H3. The van der Waals surface area contributed by atoms with E-state index in [9.17, 15) is 8.42 Å². The Labute approximate surface area is 123 Å². The third-order valence-electron chi connectivity index (χ3n) is 3.51. The maximum Gasteiger partial charge on any atom is 0.211 e. The lowest BCUT2D eigenvalue weighted by Crippen LogP contribution is -2.32. The van der Waals surface area contributed by atoms with E-state index in [1.807, 2.05) is 19.1 Å². The van der Waals surface area contributed by atoms with Gasteiger partial charge in [-0.3, -0.25) is 0 Å². The van der Waals surface area contributed by atoms with Gasteiger partial charge in [0.2, 0.25) is 10.0 Å². The van der Waals surface area contributed by atoms with Crippen LogP contribution in [0.25, 0.3) is 0 Å². The molecule has 114 valence electrons. The molecular weight excluding hydrogens is 272 g/mol. The van der Waals surface area contributed by atoms with Crippen molar-refractivity contribution in [2.24, 2.45) is 0 Å². The molecule has 0 spiro atoms. The largest absolute Gasteiger partial charge is 0.310 e. The zero-order valence-corrected chi connectivity index (χ0v) is 13.7. The Kier molecular flexibility index (Phi) is 6.65. The van der Waals surface area contributed by atoms with Gasteiger partial charge in [0.15, 0.2) is 0 Å². The summed E-state index contributed by atoms with van der Waals surface area (Å²) in [4.78, 5) is 0. The molecular formula is C15H26N2O2S. The SMILES string of the molecule is CCN(CCCNC(C)c1ccccc1C)S(C)(=O)=O. The number of benzene rings is 1. The van der Waals surface area contributed by atoms with Crippen molar-refractivity contribution in [3.8, 4) is 0 Å². The van der Waals surface area contributed by atoms with Gasteiger partial charge in [-0.2, -0.15) is 0 Å². The molecule has 1 aromatic carbocycles. The van der Waals surface area contributed by atoms with Crippen LogP contribution < -0.4 is 5.32 Å². The van der Waals surface area contributed by atoms with Gasteiger partial charge in [0, 0.05) is 19.1 Å². The summed E-state index contributed by atoms with van der Waals surface area (Å²) < 4.78 is 24.4. The first-order chi connectivity index (χ1) is 9.36. The summed E-state index contributed by atoms with van der Waals surface area (Å²) in [5, 5.41) is 3.45. The average molecular weight is 298 g/mol. The fourth-order valence-corrected chi connectivity index (χ4v) is 3.24. The van der Waals surface area contributed by atoms with Gasteiger partial charge in [-0.05, 0) is 37.9 Å². The number of sulfonamides is 1. The minimum absolute atomic E-state index is 0.282. The van der Waals surface area contributed by atoms with E-state index in [4.69, 9.17) is 0 Å². The molecule has 0 radical (unpaired) electrons. The van der Waals surface area contributed by atoms with Gasteiger partial charge in [0.25, 0.3) is 0 Å². The van der Waals surface area contributed by atoms with Gasteiger partial charge < -0.3 is 5.32 Å². The fraction of sp³-hybridized carbons (Fsp3) is 0.600. The molecule has 20 heavy (non-hydrogen) atoms. The second-order valence-corrected chi connectivity index (χ2v) is 7.12. The Balaban J connectivity index is 2.40. The Morgan fingerprint density at radius 1 is 1.30 bits per heavy atom. The minimum atomic E-state index is -3.07. The molecule has 0 saturated carbocycles. The summed E-state index contributed by atoms with van der Waals surface area (Å²) in [6.07, 6.45) is 2.08. The van der Waals surface area contributed by atoms with Crippen LogP contribution in [0.15, 0.2) is 24.3 Å². The highest BCUT2D eigenvalue weighted by Gasteiger charge is 2.13. The van der Waals surface area contributed by atoms with Crippen LogP contribution in [0.1, 0.15) is 37.4 Å². The molecule has 4 nitrogen and oxygen atoms in total. The molecule has 0 aliphatic rings. The number of nitrogens with one attached hydrogen (secondary N) is 1. The molecule has 0 aliphatic carbocycles. The first-order valence-corrected chi connectivity index (χ1v) is 8.95. The molecule has 0 aliphatic heterocycles. The van der Waals surface area contributed by atoms with Gasteiger partial charge in [-0.25, -0.2) is 12.7 Å². The van der Waals surface area contributed by atoms with E-state index in [0.29, 0.717) is 13.1 Å². The van der Waals surface area contributed by atoms with E-state index in [0.717, 1.165) is 13.0 Å². The molecule has 0 fully saturated rings. The number of rotatable bonds is 8. The van der Waals surface area contributed by atoms with Gasteiger partial charge in [-0.1, -0.05) is 31.2 Å². The Morgan fingerprint density at radius 3 is 2.50 bits per heavy atom. The molecule has 1 aromatic rings. The maximum atomic E-state index is 11.5. The van der Waals surface area contributed by atoms with E-state index in [1.54, 1.807) is 0 Å². The Morgan fingerprint density at radius 2 is 1.95 bits per heavy atom. The Bertz CT molecular complexity index is 514. The van der Waals surface area contributed by atoms with Crippen molar-refractivity contribution in [2.45, 2.75) is 33.2 Å². The first-order valence-electron chi connectivity index (χ1n) is 7.10. The third kappa shape index (κ3) is 5.23. The van der Waals surface area contributed by atoms with Crippen LogP contribution in [0.2, 0.25) is 0 Å². The quantitative estimate of drug-likeness (QED) is 0.749. The molecule has 1 N–H and O–H groups in total. The topological polar surface area (TPSA) is 49.4 Å². The summed E-state index contributed by atoms with van der Waals surface area (Å²) in [5.41, 5.74) is 2.57. The number of aryl methyl sites for hydroxylation is 1. The molecule has 0 amide bonds. The summed E-state index contributed by atoms with van der Waals surface area (Å²) in [6.45, 7) is 8.02. The third-order valence-corrected chi connectivity index (χ3v) is 4.89. The van der Waals surface area contributed by atoms with Crippen LogP contribution in [-0.4, -0.2) is 38.6 Å². The highest BCUT2D eigenvalue weighted by Crippen LogP contribution is 2.16. The zero-order valence-electron chi connectivity index (χ0n) is 12.9. The van der Waals surface area contributed by atoms with Crippen LogP contribution in [0.4, 0.5) is 0 Å². The zero-order chi connectivity index (χ0) is 15.2. The van der Waals surface area contributed by atoms with Crippen molar-refractivity contribution in [3.05, 3.63) is 35.4 Å². The van der Waals surface area contributed by atoms with E-state index >= 15 is 0 Å². The normalized spacial score (nSPS) is 13.7. The average Bonchev–Trinajstić information content (AvgIpc) is 2.37. The Hall–Kier alpha value is -0.910. The molecule has 0 saturated heterocycles. The predicted octanol–water partition coefficient (Wildman–Crippen LogP) is 2.32. The van der Waals surface area contributed by atoms with Gasteiger partial charge in [-0.15, -0.1) is 0 Å². The second kappa shape index (κ2) is 7.76. The molecule has 0 bridgehead atoms. The summed E-state index contributed by atoms with van der Waals surface area (Å²) in [5.74, 6) is 0. The highest BCUT2D eigenvalue weighted by molar-refractivity contribution is 7.88. The first kappa shape index (κ1) is 17.1. The molecule has 0 heterocycles. The summed E-state index contributed by atoms with van der Waals surface area (Å²) in [6, 6.07) is 8.60. The van der Waals surface area contributed by atoms with Crippen molar-refractivity contribution < 1.29 is 8.42 Å².